The minimum atomic E-state index is -0.926. The highest BCUT2D eigenvalue weighted by atomic mass is 16.4. The van der Waals surface area contributed by atoms with Gasteiger partial charge in [0.25, 0.3) is 0 Å². The number of carbonyl (C=O) groups is 1. The lowest BCUT2D eigenvalue weighted by Gasteiger charge is -2.05. The summed E-state index contributed by atoms with van der Waals surface area (Å²) in [4.78, 5) is 15.2. The smallest absolute Gasteiger partial charge is 0.337 e. The van der Waals surface area contributed by atoms with E-state index in [4.69, 9.17) is 5.11 Å². The SMILES string of the molecule is Cc1nc2cccc(C)c2cc1C(=O)O. The molecule has 1 aromatic carbocycles. The summed E-state index contributed by atoms with van der Waals surface area (Å²) in [5, 5.41) is 9.88. The van der Waals surface area contributed by atoms with Gasteiger partial charge in [-0.3, -0.25) is 4.98 Å². The summed E-state index contributed by atoms with van der Waals surface area (Å²) >= 11 is 0. The summed E-state index contributed by atoms with van der Waals surface area (Å²) in [7, 11) is 0. The Balaban J connectivity index is 2.83. The van der Waals surface area contributed by atoms with Gasteiger partial charge in [-0.25, -0.2) is 4.79 Å². The van der Waals surface area contributed by atoms with E-state index in [-0.39, 0.29) is 5.56 Å². The zero-order valence-electron chi connectivity index (χ0n) is 8.61. The van der Waals surface area contributed by atoms with Gasteiger partial charge in [0.2, 0.25) is 0 Å². The molecule has 1 heterocycles. The van der Waals surface area contributed by atoms with Crippen molar-refractivity contribution in [3.05, 3.63) is 41.1 Å². The van der Waals surface area contributed by atoms with Crippen molar-refractivity contribution in [3.63, 3.8) is 0 Å². The lowest BCUT2D eigenvalue weighted by molar-refractivity contribution is 0.0696. The van der Waals surface area contributed by atoms with Crippen molar-refractivity contribution in [1.82, 2.24) is 4.98 Å². The van der Waals surface area contributed by atoms with Crippen molar-refractivity contribution >= 4 is 16.9 Å². The number of carboxylic acid groups (broad SMARTS) is 1. The highest BCUT2D eigenvalue weighted by Crippen LogP contribution is 2.19. The largest absolute Gasteiger partial charge is 0.478 e. The monoisotopic (exact) mass is 201 g/mol. The molecule has 1 aromatic heterocycles. The summed E-state index contributed by atoms with van der Waals surface area (Å²) in [6, 6.07) is 7.45. The number of aryl methyl sites for hydroxylation is 2. The van der Waals surface area contributed by atoms with Crippen LogP contribution in [0.25, 0.3) is 10.9 Å². The van der Waals surface area contributed by atoms with Crippen LogP contribution in [0.3, 0.4) is 0 Å². The van der Waals surface area contributed by atoms with Crippen molar-refractivity contribution in [2.75, 3.05) is 0 Å². The van der Waals surface area contributed by atoms with Gasteiger partial charge in [0.1, 0.15) is 0 Å². The fraction of sp³-hybridized carbons (Fsp3) is 0.167. The van der Waals surface area contributed by atoms with Gasteiger partial charge in [-0.1, -0.05) is 12.1 Å². The molecule has 0 aliphatic carbocycles. The molecule has 0 fully saturated rings. The van der Waals surface area contributed by atoms with Crippen LogP contribution in [0.2, 0.25) is 0 Å². The molecule has 0 bridgehead atoms. The molecular weight excluding hydrogens is 190 g/mol. The molecule has 2 rings (SSSR count). The maximum absolute atomic E-state index is 10.9. The highest BCUT2D eigenvalue weighted by Gasteiger charge is 2.10. The fourth-order valence-corrected chi connectivity index (χ4v) is 1.66. The van der Waals surface area contributed by atoms with E-state index in [9.17, 15) is 4.79 Å². The lowest BCUT2D eigenvalue weighted by Crippen LogP contribution is -2.02. The Morgan fingerprint density at radius 1 is 1.33 bits per heavy atom. The maximum Gasteiger partial charge on any atom is 0.337 e. The molecular formula is C12H11NO2. The summed E-state index contributed by atoms with van der Waals surface area (Å²) in [5.74, 6) is -0.926. The molecule has 0 unspecified atom stereocenters. The number of aromatic carboxylic acids is 1. The first-order valence-corrected chi connectivity index (χ1v) is 4.70. The number of fused-ring (bicyclic) bond motifs is 1. The van der Waals surface area contributed by atoms with Crippen molar-refractivity contribution < 1.29 is 9.90 Å². The van der Waals surface area contributed by atoms with Crippen LogP contribution >= 0.6 is 0 Å². The van der Waals surface area contributed by atoms with E-state index in [1.54, 1.807) is 13.0 Å². The molecule has 3 heteroatoms. The molecule has 0 aliphatic rings. The second-order valence-electron chi connectivity index (χ2n) is 3.57. The number of hydrogen-bond acceptors (Lipinski definition) is 2. The Kier molecular flexibility index (Phi) is 2.15. The topological polar surface area (TPSA) is 50.2 Å². The second kappa shape index (κ2) is 3.35. The van der Waals surface area contributed by atoms with Crippen molar-refractivity contribution in [1.29, 1.82) is 0 Å². The summed E-state index contributed by atoms with van der Waals surface area (Å²) in [6.07, 6.45) is 0. The summed E-state index contributed by atoms with van der Waals surface area (Å²) < 4.78 is 0. The average Bonchev–Trinajstić information content (AvgIpc) is 2.16. The standard InChI is InChI=1S/C12H11NO2/c1-7-4-3-5-11-9(7)6-10(12(14)15)8(2)13-11/h3-6H,1-2H3,(H,14,15). The van der Waals surface area contributed by atoms with Crippen LogP contribution in [-0.2, 0) is 0 Å². The first-order chi connectivity index (χ1) is 7.09. The predicted octanol–water partition coefficient (Wildman–Crippen LogP) is 2.55. The van der Waals surface area contributed by atoms with E-state index in [1.807, 2.05) is 25.1 Å². The molecule has 0 atom stereocenters. The number of rotatable bonds is 1. The average molecular weight is 201 g/mol. The van der Waals surface area contributed by atoms with Crippen molar-refractivity contribution in [2.45, 2.75) is 13.8 Å². The van der Waals surface area contributed by atoms with Crippen LogP contribution in [0.4, 0.5) is 0 Å². The van der Waals surface area contributed by atoms with Crippen LogP contribution in [0.5, 0.6) is 0 Å². The van der Waals surface area contributed by atoms with E-state index in [2.05, 4.69) is 4.98 Å². The molecule has 0 spiro atoms. The van der Waals surface area contributed by atoms with Gasteiger partial charge in [-0.15, -0.1) is 0 Å². The first kappa shape index (κ1) is 9.65. The van der Waals surface area contributed by atoms with Crippen LogP contribution in [0.1, 0.15) is 21.6 Å². The predicted molar refractivity (Wildman–Crippen MR) is 58.2 cm³/mol. The van der Waals surface area contributed by atoms with Gasteiger partial charge in [-0.2, -0.15) is 0 Å². The number of nitrogens with zero attached hydrogens (tertiary/aromatic N) is 1. The summed E-state index contributed by atoms with van der Waals surface area (Å²) in [5.41, 5.74) is 2.72. The van der Waals surface area contributed by atoms with Gasteiger partial charge >= 0.3 is 5.97 Å². The van der Waals surface area contributed by atoms with Gasteiger partial charge in [0.15, 0.2) is 0 Å². The quantitative estimate of drug-likeness (QED) is 0.771. The number of hydrogen-bond donors (Lipinski definition) is 1. The van der Waals surface area contributed by atoms with Crippen molar-refractivity contribution in [3.8, 4) is 0 Å². The Bertz CT molecular complexity index is 547. The van der Waals surface area contributed by atoms with Crippen LogP contribution in [0, 0.1) is 13.8 Å². The highest BCUT2D eigenvalue weighted by molar-refractivity contribution is 5.94. The Morgan fingerprint density at radius 3 is 2.73 bits per heavy atom. The minimum absolute atomic E-state index is 0.275. The molecule has 15 heavy (non-hydrogen) atoms. The molecule has 0 amide bonds. The van der Waals surface area contributed by atoms with Crippen LogP contribution in [0.15, 0.2) is 24.3 Å². The number of pyridine rings is 1. The molecule has 0 saturated heterocycles. The van der Waals surface area contributed by atoms with E-state index < -0.39 is 5.97 Å². The second-order valence-corrected chi connectivity index (χ2v) is 3.57. The normalized spacial score (nSPS) is 10.5. The molecule has 1 N–H and O–H groups in total. The first-order valence-electron chi connectivity index (χ1n) is 4.70. The van der Waals surface area contributed by atoms with Crippen LogP contribution in [-0.4, -0.2) is 16.1 Å². The van der Waals surface area contributed by atoms with Gasteiger partial charge in [0, 0.05) is 5.39 Å². The Morgan fingerprint density at radius 2 is 2.07 bits per heavy atom. The molecule has 0 saturated carbocycles. The molecule has 0 radical (unpaired) electrons. The summed E-state index contributed by atoms with van der Waals surface area (Å²) in [6.45, 7) is 3.66. The third-order valence-corrected chi connectivity index (χ3v) is 2.50. The van der Waals surface area contributed by atoms with E-state index >= 15 is 0 Å². The molecule has 0 aliphatic heterocycles. The third-order valence-electron chi connectivity index (χ3n) is 2.50. The molecule has 2 aromatic rings. The molecule has 76 valence electrons. The van der Waals surface area contributed by atoms with Gasteiger partial charge in [0.05, 0.1) is 16.8 Å². The Hall–Kier alpha value is -1.90. The zero-order valence-corrected chi connectivity index (χ0v) is 8.61. The third kappa shape index (κ3) is 1.56. The van der Waals surface area contributed by atoms with Crippen molar-refractivity contribution in [2.24, 2.45) is 0 Å². The minimum Gasteiger partial charge on any atom is -0.478 e. The lowest BCUT2D eigenvalue weighted by atomic mass is 10.1. The number of benzene rings is 1. The van der Waals surface area contributed by atoms with E-state index in [0.717, 1.165) is 16.5 Å². The van der Waals surface area contributed by atoms with Gasteiger partial charge in [-0.05, 0) is 31.5 Å². The number of carboxylic acids is 1. The van der Waals surface area contributed by atoms with E-state index in [0.29, 0.717) is 5.69 Å². The van der Waals surface area contributed by atoms with Crippen LogP contribution < -0.4 is 0 Å². The fourth-order valence-electron chi connectivity index (χ4n) is 1.66. The Labute approximate surface area is 87.4 Å². The number of aromatic nitrogens is 1. The van der Waals surface area contributed by atoms with Gasteiger partial charge < -0.3 is 5.11 Å². The molecule has 3 nitrogen and oxygen atoms in total. The maximum atomic E-state index is 10.9. The van der Waals surface area contributed by atoms with E-state index in [1.165, 1.54) is 0 Å². The zero-order chi connectivity index (χ0) is 11.0.